The number of aliphatic hydroxyl groups is 2. The summed E-state index contributed by atoms with van der Waals surface area (Å²) in [6, 6.07) is 0. The molecule has 29 heavy (non-hydrogen) atoms. The fraction of sp³-hybridized carbons (Fsp3) is 0.870. The highest BCUT2D eigenvalue weighted by Gasteiger charge is 2.68. The van der Waals surface area contributed by atoms with Crippen LogP contribution >= 0.6 is 0 Å². The van der Waals surface area contributed by atoms with Crippen LogP contribution in [0, 0.1) is 34.5 Å². The number of hydrogen-bond acceptors (Lipinski definition) is 6. The van der Waals surface area contributed by atoms with Crippen LogP contribution in [0.2, 0.25) is 0 Å². The van der Waals surface area contributed by atoms with E-state index in [1.807, 2.05) is 6.92 Å². The maximum atomic E-state index is 12.9. The normalized spacial score (nSPS) is 49.0. The second-order valence-electron chi connectivity index (χ2n) is 10.6. The Bertz CT molecular complexity index is 733. The van der Waals surface area contributed by atoms with Crippen LogP contribution < -0.4 is 0 Å². The van der Waals surface area contributed by atoms with Crippen molar-refractivity contribution in [2.75, 3.05) is 6.61 Å². The lowest BCUT2D eigenvalue weighted by Gasteiger charge is -2.62. The topological polar surface area (TPSA) is 101 Å². The fourth-order valence-corrected chi connectivity index (χ4v) is 7.92. The standard InChI is InChI=1S/C23H34O6/c1-13(24)29-12-19(27)23(28)9-7-17-16-5-4-14-10-15(25)6-8-21(14,2)20(16)18(26)11-22(17,23)3/h14,16-18,20,26,28H,4-12H2,1-3H3/t14-,16-,17+,18-,20-,21-,22+,23-/m0/s1. The van der Waals surface area contributed by atoms with Crippen LogP contribution in [-0.2, 0) is 19.1 Å². The fourth-order valence-electron chi connectivity index (χ4n) is 7.92. The molecular weight excluding hydrogens is 372 g/mol. The second-order valence-corrected chi connectivity index (χ2v) is 10.6. The number of rotatable bonds is 3. The van der Waals surface area contributed by atoms with Gasteiger partial charge in [0.15, 0.2) is 6.61 Å². The minimum Gasteiger partial charge on any atom is -0.458 e. The highest BCUT2D eigenvalue weighted by atomic mass is 16.5. The Morgan fingerprint density at radius 3 is 2.59 bits per heavy atom. The molecule has 0 saturated heterocycles. The van der Waals surface area contributed by atoms with Crippen LogP contribution in [0.5, 0.6) is 0 Å². The molecule has 0 aromatic carbocycles. The first-order chi connectivity index (χ1) is 13.5. The number of esters is 1. The summed E-state index contributed by atoms with van der Waals surface area (Å²) in [6.07, 6.45) is 4.81. The summed E-state index contributed by atoms with van der Waals surface area (Å²) in [7, 11) is 0. The Morgan fingerprint density at radius 2 is 1.90 bits per heavy atom. The smallest absolute Gasteiger partial charge is 0.303 e. The van der Waals surface area contributed by atoms with Gasteiger partial charge in [-0.25, -0.2) is 0 Å². The molecule has 4 aliphatic rings. The average molecular weight is 407 g/mol. The first-order valence-electron chi connectivity index (χ1n) is 11.1. The Morgan fingerprint density at radius 1 is 1.17 bits per heavy atom. The van der Waals surface area contributed by atoms with Gasteiger partial charge in [0.05, 0.1) is 6.10 Å². The van der Waals surface area contributed by atoms with Crippen molar-refractivity contribution in [2.24, 2.45) is 34.5 Å². The number of hydrogen-bond donors (Lipinski definition) is 2. The summed E-state index contributed by atoms with van der Waals surface area (Å²) in [5.41, 5.74) is -2.35. The molecule has 2 N–H and O–H groups in total. The van der Waals surface area contributed by atoms with E-state index in [-0.39, 0.29) is 23.2 Å². The Hall–Kier alpha value is -1.27. The summed E-state index contributed by atoms with van der Waals surface area (Å²) in [4.78, 5) is 36.1. The monoisotopic (exact) mass is 406 g/mol. The number of ether oxygens (including phenoxy) is 1. The van der Waals surface area contributed by atoms with E-state index in [0.717, 1.165) is 25.7 Å². The molecule has 6 heteroatoms. The van der Waals surface area contributed by atoms with Crippen molar-refractivity contribution in [1.29, 1.82) is 0 Å². The lowest BCUT2D eigenvalue weighted by Crippen LogP contribution is -2.63. The van der Waals surface area contributed by atoms with Crippen molar-refractivity contribution in [1.82, 2.24) is 0 Å². The summed E-state index contributed by atoms with van der Waals surface area (Å²) in [5.74, 6) is 0.182. The molecule has 4 aliphatic carbocycles. The van der Waals surface area contributed by atoms with Crippen molar-refractivity contribution >= 4 is 17.5 Å². The predicted octanol–water partition coefficient (Wildman–Crippen LogP) is 2.43. The van der Waals surface area contributed by atoms with Gasteiger partial charge < -0.3 is 14.9 Å². The Balaban J connectivity index is 1.63. The third kappa shape index (κ3) is 2.93. The molecule has 0 radical (unpaired) electrons. The molecule has 6 nitrogen and oxygen atoms in total. The highest BCUT2D eigenvalue weighted by molar-refractivity contribution is 5.91. The van der Waals surface area contributed by atoms with Gasteiger partial charge in [-0.2, -0.15) is 0 Å². The first kappa shape index (κ1) is 21.0. The van der Waals surface area contributed by atoms with Gasteiger partial charge in [0, 0.05) is 25.2 Å². The van der Waals surface area contributed by atoms with E-state index in [0.29, 0.717) is 37.4 Å². The third-order valence-electron chi connectivity index (χ3n) is 9.43. The van der Waals surface area contributed by atoms with Gasteiger partial charge in [-0.05, 0) is 67.6 Å². The first-order valence-corrected chi connectivity index (χ1v) is 11.1. The van der Waals surface area contributed by atoms with Crippen molar-refractivity contribution in [3.05, 3.63) is 0 Å². The van der Waals surface area contributed by atoms with Gasteiger partial charge in [-0.15, -0.1) is 0 Å². The lowest BCUT2D eigenvalue weighted by molar-refractivity contribution is -0.199. The average Bonchev–Trinajstić information content (AvgIpc) is 2.91. The molecule has 4 saturated carbocycles. The molecule has 4 rings (SSSR count). The molecule has 4 fully saturated rings. The minimum absolute atomic E-state index is 0.0555. The molecular formula is C23H34O6. The molecule has 0 aromatic rings. The van der Waals surface area contributed by atoms with Crippen molar-refractivity contribution in [3.8, 4) is 0 Å². The lowest BCUT2D eigenvalue weighted by atomic mass is 9.43. The molecule has 0 bridgehead atoms. The van der Waals surface area contributed by atoms with E-state index in [9.17, 15) is 24.6 Å². The van der Waals surface area contributed by atoms with Crippen LogP contribution in [0.4, 0.5) is 0 Å². The van der Waals surface area contributed by atoms with Crippen LogP contribution in [0.15, 0.2) is 0 Å². The zero-order valence-corrected chi connectivity index (χ0v) is 17.8. The summed E-state index contributed by atoms with van der Waals surface area (Å²) < 4.78 is 4.89. The number of ketones is 2. The Labute approximate surface area is 172 Å². The molecule has 8 atom stereocenters. The number of Topliss-reactive ketones (excluding diaryl/α,β-unsaturated/α-hetero) is 2. The van der Waals surface area contributed by atoms with E-state index in [4.69, 9.17) is 4.74 Å². The SMILES string of the molecule is CC(=O)OCC(=O)[C@@]1(O)CC[C@@H]2[C@@H]3CC[C@H]4CC(=O)CC[C@]4(C)[C@@H]3[C@@H](O)C[C@]21C. The van der Waals surface area contributed by atoms with Crippen molar-refractivity contribution < 1.29 is 29.3 Å². The highest BCUT2D eigenvalue weighted by Crippen LogP contribution is 2.68. The van der Waals surface area contributed by atoms with Gasteiger partial charge in [0.2, 0.25) is 5.78 Å². The zero-order chi connectivity index (χ0) is 21.2. The molecule has 0 aromatic heterocycles. The number of fused-ring (bicyclic) bond motifs is 5. The maximum Gasteiger partial charge on any atom is 0.303 e. The van der Waals surface area contributed by atoms with Crippen LogP contribution in [0.25, 0.3) is 0 Å². The summed E-state index contributed by atoms with van der Waals surface area (Å²) in [5, 5.41) is 22.8. The summed E-state index contributed by atoms with van der Waals surface area (Å²) in [6.45, 7) is 5.02. The van der Waals surface area contributed by atoms with E-state index in [2.05, 4.69) is 6.92 Å². The zero-order valence-electron chi connectivity index (χ0n) is 17.8. The maximum absolute atomic E-state index is 12.9. The molecule has 0 aliphatic heterocycles. The predicted molar refractivity (Wildman–Crippen MR) is 105 cm³/mol. The number of carbonyl (C=O) groups is 3. The van der Waals surface area contributed by atoms with Gasteiger partial charge in [0.25, 0.3) is 0 Å². The second kappa shape index (κ2) is 6.88. The van der Waals surface area contributed by atoms with E-state index in [1.165, 1.54) is 6.92 Å². The molecule has 0 unspecified atom stereocenters. The summed E-state index contributed by atoms with van der Waals surface area (Å²) >= 11 is 0. The largest absolute Gasteiger partial charge is 0.458 e. The van der Waals surface area contributed by atoms with E-state index >= 15 is 0 Å². The molecule has 162 valence electrons. The number of carbonyl (C=O) groups excluding carboxylic acids is 3. The van der Waals surface area contributed by atoms with Gasteiger partial charge in [-0.3, -0.25) is 14.4 Å². The van der Waals surface area contributed by atoms with Gasteiger partial charge in [0.1, 0.15) is 11.4 Å². The van der Waals surface area contributed by atoms with Crippen LogP contribution in [0.1, 0.15) is 72.1 Å². The minimum atomic E-state index is -1.57. The molecule has 0 spiro atoms. The van der Waals surface area contributed by atoms with E-state index < -0.39 is 35.5 Å². The van der Waals surface area contributed by atoms with Gasteiger partial charge in [-0.1, -0.05) is 13.8 Å². The van der Waals surface area contributed by atoms with E-state index in [1.54, 1.807) is 0 Å². The van der Waals surface area contributed by atoms with Crippen LogP contribution in [-0.4, -0.2) is 46.1 Å². The molecule has 0 amide bonds. The van der Waals surface area contributed by atoms with Crippen molar-refractivity contribution in [2.45, 2.75) is 83.8 Å². The number of aliphatic hydroxyl groups excluding tert-OH is 1. The quantitative estimate of drug-likeness (QED) is 0.698. The molecule has 0 heterocycles. The van der Waals surface area contributed by atoms with Crippen molar-refractivity contribution in [3.63, 3.8) is 0 Å². The Kier molecular flexibility index (Phi) is 4.97. The third-order valence-corrected chi connectivity index (χ3v) is 9.43. The van der Waals surface area contributed by atoms with Crippen LogP contribution in [0.3, 0.4) is 0 Å². The van der Waals surface area contributed by atoms with Gasteiger partial charge >= 0.3 is 5.97 Å².